The number of amides is 2. The lowest BCUT2D eigenvalue weighted by Crippen LogP contribution is -2.33. The van der Waals surface area contributed by atoms with E-state index in [-0.39, 0.29) is 18.4 Å². The predicted octanol–water partition coefficient (Wildman–Crippen LogP) is 2.08. The molecule has 110 valence electrons. The minimum Gasteiger partial charge on any atom is -0.481 e. The van der Waals surface area contributed by atoms with Gasteiger partial charge in [-0.2, -0.15) is 5.26 Å². The Morgan fingerprint density at radius 2 is 2.10 bits per heavy atom. The zero-order valence-electron chi connectivity index (χ0n) is 11.6. The average molecular weight is 287 g/mol. The molecular weight excluding hydrogens is 270 g/mol. The number of benzene rings is 1. The van der Waals surface area contributed by atoms with Gasteiger partial charge in [-0.25, -0.2) is 4.79 Å². The first-order valence-corrected chi connectivity index (χ1v) is 6.82. The van der Waals surface area contributed by atoms with E-state index in [0.717, 1.165) is 12.0 Å². The molecule has 1 aliphatic heterocycles. The van der Waals surface area contributed by atoms with Crippen molar-refractivity contribution in [1.82, 2.24) is 4.90 Å². The lowest BCUT2D eigenvalue weighted by atomic mass is 10.1. The third kappa shape index (κ3) is 4.21. The van der Waals surface area contributed by atoms with Crippen LogP contribution in [0.3, 0.4) is 0 Å². The number of rotatable bonds is 4. The summed E-state index contributed by atoms with van der Waals surface area (Å²) in [6.07, 6.45) is 1.17. The molecule has 1 atom stereocenters. The largest absolute Gasteiger partial charge is 0.481 e. The van der Waals surface area contributed by atoms with Crippen LogP contribution in [-0.2, 0) is 11.2 Å². The highest BCUT2D eigenvalue weighted by molar-refractivity contribution is 5.89. The van der Waals surface area contributed by atoms with Gasteiger partial charge in [-0.15, -0.1) is 0 Å². The number of carboxylic acid groups (broad SMARTS) is 1. The lowest BCUT2D eigenvalue weighted by molar-refractivity contribution is -0.138. The average Bonchev–Trinajstić information content (AvgIpc) is 2.89. The van der Waals surface area contributed by atoms with Crippen LogP contribution in [0.25, 0.3) is 0 Å². The van der Waals surface area contributed by atoms with Gasteiger partial charge in [0.15, 0.2) is 0 Å². The third-order valence-corrected chi connectivity index (χ3v) is 3.52. The Labute approximate surface area is 123 Å². The Kier molecular flexibility index (Phi) is 4.77. The maximum Gasteiger partial charge on any atom is 0.321 e. The topological polar surface area (TPSA) is 93.4 Å². The van der Waals surface area contributed by atoms with Gasteiger partial charge in [0.25, 0.3) is 0 Å². The van der Waals surface area contributed by atoms with Crippen molar-refractivity contribution in [2.75, 3.05) is 18.4 Å². The summed E-state index contributed by atoms with van der Waals surface area (Å²) in [5.74, 6) is -0.790. The van der Waals surface area contributed by atoms with Crippen molar-refractivity contribution in [2.45, 2.75) is 19.3 Å². The molecule has 0 radical (unpaired) electrons. The highest BCUT2D eigenvalue weighted by Gasteiger charge is 2.27. The van der Waals surface area contributed by atoms with Crippen LogP contribution in [0.4, 0.5) is 10.5 Å². The monoisotopic (exact) mass is 287 g/mol. The molecule has 1 aromatic carbocycles. The van der Waals surface area contributed by atoms with Crippen LogP contribution in [0.15, 0.2) is 24.3 Å². The number of carbonyl (C=O) groups excluding carboxylic acids is 1. The Morgan fingerprint density at radius 3 is 2.71 bits per heavy atom. The fourth-order valence-electron chi connectivity index (χ4n) is 2.43. The first-order chi connectivity index (χ1) is 10.1. The van der Waals surface area contributed by atoms with Crippen LogP contribution in [0.5, 0.6) is 0 Å². The number of urea groups is 1. The van der Waals surface area contributed by atoms with E-state index in [1.807, 2.05) is 0 Å². The van der Waals surface area contributed by atoms with E-state index in [4.69, 9.17) is 10.4 Å². The Balaban J connectivity index is 1.87. The van der Waals surface area contributed by atoms with Gasteiger partial charge in [0.1, 0.15) is 0 Å². The molecule has 1 aliphatic rings. The van der Waals surface area contributed by atoms with Crippen molar-refractivity contribution in [3.05, 3.63) is 29.8 Å². The van der Waals surface area contributed by atoms with E-state index in [1.54, 1.807) is 29.2 Å². The molecule has 1 fully saturated rings. The van der Waals surface area contributed by atoms with Gasteiger partial charge in [-0.05, 0) is 30.0 Å². The summed E-state index contributed by atoms with van der Waals surface area (Å²) in [5, 5.41) is 20.1. The number of hydrogen-bond donors (Lipinski definition) is 2. The number of carboxylic acids is 1. The smallest absolute Gasteiger partial charge is 0.321 e. The summed E-state index contributed by atoms with van der Waals surface area (Å²) in [5.41, 5.74) is 1.57. The quantitative estimate of drug-likeness (QED) is 0.886. The zero-order chi connectivity index (χ0) is 15.2. The van der Waals surface area contributed by atoms with E-state index in [9.17, 15) is 9.59 Å². The number of nitrogens with one attached hydrogen (secondary N) is 1. The first kappa shape index (κ1) is 14.9. The van der Waals surface area contributed by atoms with Crippen molar-refractivity contribution in [1.29, 1.82) is 5.26 Å². The van der Waals surface area contributed by atoms with Crippen LogP contribution in [0.1, 0.15) is 18.4 Å². The van der Waals surface area contributed by atoms with Crippen molar-refractivity contribution in [3.63, 3.8) is 0 Å². The van der Waals surface area contributed by atoms with Crippen LogP contribution in [0.2, 0.25) is 0 Å². The summed E-state index contributed by atoms with van der Waals surface area (Å²) in [6, 6.07) is 8.98. The summed E-state index contributed by atoms with van der Waals surface area (Å²) in [6.45, 7) is 1.06. The molecule has 0 spiro atoms. The molecule has 0 aliphatic carbocycles. The summed E-state index contributed by atoms with van der Waals surface area (Å²) in [4.78, 5) is 24.4. The molecule has 1 heterocycles. The Bertz CT molecular complexity index is 563. The molecule has 1 aromatic rings. The first-order valence-electron chi connectivity index (χ1n) is 6.82. The van der Waals surface area contributed by atoms with Crippen molar-refractivity contribution >= 4 is 17.7 Å². The summed E-state index contributed by atoms with van der Waals surface area (Å²) < 4.78 is 0. The maximum absolute atomic E-state index is 12.1. The van der Waals surface area contributed by atoms with Gasteiger partial charge >= 0.3 is 12.0 Å². The number of anilines is 1. The number of hydrogen-bond acceptors (Lipinski definition) is 3. The maximum atomic E-state index is 12.1. The second kappa shape index (κ2) is 6.75. The van der Waals surface area contributed by atoms with Gasteiger partial charge in [-0.1, -0.05) is 12.1 Å². The van der Waals surface area contributed by atoms with E-state index >= 15 is 0 Å². The zero-order valence-corrected chi connectivity index (χ0v) is 11.6. The molecule has 0 saturated carbocycles. The molecule has 21 heavy (non-hydrogen) atoms. The molecule has 0 aromatic heterocycles. The van der Waals surface area contributed by atoms with Crippen LogP contribution >= 0.6 is 0 Å². The SMILES string of the molecule is N#CCc1ccc(NC(=O)N2CCC(CC(=O)O)C2)cc1. The number of nitriles is 1. The molecule has 1 saturated heterocycles. The number of carbonyl (C=O) groups is 2. The van der Waals surface area contributed by atoms with Crippen LogP contribution < -0.4 is 5.32 Å². The Morgan fingerprint density at radius 1 is 1.38 bits per heavy atom. The molecule has 6 nitrogen and oxygen atoms in total. The molecule has 0 bridgehead atoms. The van der Waals surface area contributed by atoms with Gasteiger partial charge in [0.05, 0.1) is 12.5 Å². The van der Waals surface area contributed by atoms with E-state index in [1.165, 1.54) is 0 Å². The van der Waals surface area contributed by atoms with Crippen LogP contribution in [0, 0.1) is 17.2 Å². The van der Waals surface area contributed by atoms with Crippen molar-refractivity contribution in [3.8, 4) is 6.07 Å². The number of likely N-dealkylation sites (tertiary alicyclic amines) is 1. The molecule has 2 N–H and O–H groups in total. The van der Waals surface area contributed by atoms with Crippen molar-refractivity contribution in [2.24, 2.45) is 5.92 Å². The minimum absolute atomic E-state index is 0.0336. The van der Waals surface area contributed by atoms with Crippen molar-refractivity contribution < 1.29 is 14.7 Å². The lowest BCUT2D eigenvalue weighted by Gasteiger charge is -2.17. The number of aliphatic carboxylic acids is 1. The normalized spacial score (nSPS) is 17.3. The highest BCUT2D eigenvalue weighted by atomic mass is 16.4. The van der Waals surface area contributed by atoms with Gasteiger partial charge in [0, 0.05) is 25.2 Å². The van der Waals surface area contributed by atoms with E-state index in [0.29, 0.717) is 25.2 Å². The molecule has 1 unspecified atom stereocenters. The molecule has 6 heteroatoms. The third-order valence-electron chi connectivity index (χ3n) is 3.52. The second-order valence-electron chi connectivity index (χ2n) is 5.16. The molecular formula is C15H17N3O3. The van der Waals surface area contributed by atoms with Gasteiger partial charge in [-0.3, -0.25) is 4.79 Å². The fourth-order valence-corrected chi connectivity index (χ4v) is 2.43. The standard InChI is InChI=1S/C15H17N3O3/c16-7-5-11-1-3-13(4-2-11)17-15(21)18-8-6-12(10-18)9-14(19)20/h1-4,12H,5-6,8-10H2,(H,17,21)(H,19,20). The summed E-state index contributed by atoms with van der Waals surface area (Å²) in [7, 11) is 0. The van der Waals surface area contributed by atoms with Crippen LogP contribution in [-0.4, -0.2) is 35.1 Å². The number of nitrogens with zero attached hydrogens (tertiary/aromatic N) is 2. The van der Waals surface area contributed by atoms with Gasteiger partial charge < -0.3 is 15.3 Å². The van der Waals surface area contributed by atoms with Gasteiger partial charge in [0.2, 0.25) is 0 Å². The highest BCUT2D eigenvalue weighted by Crippen LogP contribution is 2.20. The van der Waals surface area contributed by atoms with E-state index in [2.05, 4.69) is 11.4 Å². The minimum atomic E-state index is -0.824. The molecule has 2 rings (SSSR count). The predicted molar refractivity (Wildman–Crippen MR) is 76.7 cm³/mol. The van der Waals surface area contributed by atoms with E-state index < -0.39 is 5.97 Å². The Hall–Kier alpha value is -2.55. The fraction of sp³-hybridized carbons (Fsp3) is 0.400. The molecule has 2 amide bonds. The second-order valence-corrected chi connectivity index (χ2v) is 5.16. The summed E-state index contributed by atoms with van der Waals surface area (Å²) >= 11 is 0.